The van der Waals surface area contributed by atoms with Gasteiger partial charge in [0.2, 0.25) is 5.82 Å². The number of hydrogen-bond acceptors (Lipinski definition) is 7. The van der Waals surface area contributed by atoms with Crippen molar-refractivity contribution in [3.8, 4) is 11.1 Å². The maximum atomic E-state index is 14.2. The topological polar surface area (TPSA) is 97.3 Å². The monoisotopic (exact) mass is 766 g/mol. The van der Waals surface area contributed by atoms with Crippen LogP contribution in [0.4, 0.5) is 22.0 Å². The third kappa shape index (κ3) is 8.91. The highest BCUT2D eigenvalue weighted by molar-refractivity contribution is 5.94. The molecular formula is C42H43F5N2O6. The standard InChI is InChI=1S/C42H43F5N2O6/c1-23-31(21-49-18-6-9-30(49)40(52)55-42(2,3)4)53-41(54-38(23)27-12-10-24(22-50)11-13-27)28-16-14-26(15-17-28)29-8-5-7-25(19-29)20-48-39(51)32-33(43)35(45)37(47)36(46)34(32)44/h5,7-8,10-17,19,23,30-31,38,41,50H,6,9,18,20-22H2,1-4H3,(H,48,51)/t23-,30-,31+,38+,41+/m0/s1. The molecule has 8 nitrogen and oxygen atoms in total. The highest BCUT2D eigenvalue weighted by Gasteiger charge is 2.42. The predicted octanol–water partition coefficient (Wildman–Crippen LogP) is 8.07. The number of aliphatic hydroxyl groups excluding tert-OH is 1. The summed E-state index contributed by atoms with van der Waals surface area (Å²) in [5, 5.41) is 11.8. The molecule has 2 fully saturated rings. The Morgan fingerprint density at radius 1 is 0.836 bits per heavy atom. The van der Waals surface area contributed by atoms with E-state index < -0.39 is 52.4 Å². The summed E-state index contributed by atoms with van der Waals surface area (Å²) in [6.45, 7) is 8.50. The van der Waals surface area contributed by atoms with Crippen LogP contribution in [0.3, 0.4) is 0 Å². The number of nitrogens with zero attached hydrogens (tertiary/aromatic N) is 1. The molecule has 4 aromatic carbocycles. The molecule has 0 bridgehead atoms. The second-order valence-corrected chi connectivity index (χ2v) is 15.0. The summed E-state index contributed by atoms with van der Waals surface area (Å²) in [5.74, 6) is -13.0. The van der Waals surface area contributed by atoms with E-state index in [1.807, 2.05) is 75.4 Å². The molecule has 292 valence electrons. The van der Waals surface area contributed by atoms with Gasteiger partial charge in [0.25, 0.3) is 5.91 Å². The number of hydrogen-bond donors (Lipinski definition) is 2. The number of esters is 1. The third-order valence-corrected chi connectivity index (χ3v) is 9.91. The van der Waals surface area contributed by atoms with Gasteiger partial charge in [-0.05, 0) is 74.0 Å². The van der Waals surface area contributed by atoms with Crippen LogP contribution in [0.25, 0.3) is 11.1 Å². The van der Waals surface area contributed by atoms with Gasteiger partial charge in [-0.3, -0.25) is 14.5 Å². The number of carbonyl (C=O) groups is 2. The molecular weight excluding hydrogens is 723 g/mol. The average molecular weight is 767 g/mol. The Bertz CT molecular complexity index is 1990. The predicted molar refractivity (Wildman–Crippen MR) is 193 cm³/mol. The van der Waals surface area contributed by atoms with Gasteiger partial charge in [-0.1, -0.05) is 73.7 Å². The number of carbonyl (C=O) groups excluding carboxylic acids is 2. The maximum Gasteiger partial charge on any atom is 0.323 e. The van der Waals surface area contributed by atoms with Gasteiger partial charge in [-0.2, -0.15) is 0 Å². The summed E-state index contributed by atoms with van der Waals surface area (Å²) in [5.41, 5.74) is 2.31. The minimum absolute atomic E-state index is 0.0843. The van der Waals surface area contributed by atoms with Crippen molar-refractivity contribution in [1.29, 1.82) is 0 Å². The molecule has 2 N–H and O–H groups in total. The zero-order valence-electron chi connectivity index (χ0n) is 30.9. The SMILES string of the molecule is C[C@H]1[C@@H](CN2CCC[C@H]2C(=O)OC(C)(C)C)O[C@@H](c2ccc(-c3cccc(CNC(=O)c4c(F)c(F)c(F)c(F)c4F)c3)cc2)O[C@H]1c1ccc(CO)cc1. The summed E-state index contributed by atoms with van der Waals surface area (Å²) in [4.78, 5) is 27.8. The van der Waals surface area contributed by atoms with Crippen molar-refractivity contribution in [2.24, 2.45) is 5.92 Å². The Hall–Kier alpha value is -4.69. The fraction of sp³-hybridized carbons (Fsp3) is 0.381. The molecule has 2 aliphatic heterocycles. The fourth-order valence-corrected chi connectivity index (χ4v) is 7.01. The van der Waals surface area contributed by atoms with Gasteiger partial charge < -0.3 is 24.6 Å². The van der Waals surface area contributed by atoms with E-state index in [9.17, 15) is 36.6 Å². The van der Waals surface area contributed by atoms with Gasteiger partial charge in [0.05, 0.1) is 18.8 Å². The largest absolute Gasteiger partial charge is 0.459 e. The van der Waals surface area contributed by atoms with Crippen molar-refractivity contribution in [2.45, 2.75) is 83.8 Å². The maximum absolute atomic E-state index is 14.2. The van der Waals surface area contributed by atoms with Crippen molar-refractivity contribution >= 4 is 11.9 Å². The Morgan fingerprint density at radius 3 is 2.11 bits per heavy atom. The van der Waals surface area contributed by atoms with E-state index in [-0.39, 0.29) is 43.3 Å². The molecule has 6 rings (SSSR count). The molecule has 5 atom stereocenters. The molecule has 0 unspecified atom stereocenters. The second-order valence-electron chi connectivity index (χ2n) is 15.0. The quantitative estimate of drug-likeness (QED) is 0.0730. The van der Waals surface area contributed by atoms with Gasteiger partial charge in [-0.25, -0.2) is 22.0 Å². The van der Waals surface area contributed by atoms with Crippen LogP contribution in [-0.4, -0.2) is 52.7 Å². The molecule has 0 saturated carbocycles. The summed E-state index contributed by atoms with van der Waals surface area (Å²) < 4.78 is 88.1. The van der Waals surface area contributed by atoms with E-state index >= 15 is 0 Å². The number of rotatable bonds is 10. The van der Waals surface area contributed by atoms with Crippen molar-refractivity contribution in [3.63, 3.8) is 0 Å². The van der Waals surface area contributed by atoms with Crippen LogP contribution in [0.5, 0.6) is 0 Å². The fourth-order valence-electron chi connectivity index (χ4n) is 7.01. The van der Waals surface area contributed by atoms with Gasteiger partial charge in [0.15, 0.2) is 29.6 Å². The first-order valence-electron chi connectivity index (χ1n) is 18.1. The molecule has 1 amide bonds. The Labute approximate surface area is 316 Å². The van der Waals surface area contributed by atoms with E-state index in [0.29, 0.717) is 18.5 Å². The number of halogens is 5. The molecule has 2 heterocycles. The molecule has 2 aliphatic rings. The minimum atomic E-state index is -2.34. The minimum Gasteiger partial charge on any atom is -0.459 e. The summed E-state index contributed by atoms with van der Waals surface area (Å²) in [6, 6.07) is 21.6. The first-order chi connectivity index (χ1) is 26.1. The number of aliphatic hydroxyl groups is 1. The molecule has 4 aromatic rings. The molecule has 0 aliphatic carbocycles. The number of amides is 1. The molecule has 2 saturated heterocycles. The first kappa shape index (κ1) is 40.0. The van der Waals surface area contributed by atoms with Crippen molar-refractivity contribution in [2.75, 3.05) is 13.1 Å². The van der Waals surface area contributed by atoms with Crippen LogP contribution < -0.4 is 5.32 Å². The van der Waals surface area contributed by atoms with Gasteiger partial charge in [-0.15, -0.1) is 0 Å². The summed E-state index contributed by atoms with van der Waals surface area (Å²) in [7, 11) is 0. The average Bonchev–Trinajstić information content (AvgIpc) is 3.64. The van der Waals surface area contributed by atoms with Crippen molar-refractivity contribution in [1.82, 2.24) is 10.2 Å². The van der Waals surface area contributed by atoms with Crippen LogP contribution in [0.2, 0.25) is 0 Å². The lowest BCUT2D eigenvalue weighted by atomic mass is 9.89. The molecule has 0 radical (unpaired) electrons. The third-order valence-electron chi connectivity index (χ3n) is 9.91. The second kappa shape index (κ2) is 16.6. The molecule has 0 spiro atoms. The zero-order chi connectivity index (χ0) is 39.6. The highest BCUT2D eigenvalue weighted by atomic mass is 19.2. The molecule has 55 heavy (non-hydrogen) atoms. The normalized spacial score (nSPS) is 21.7. The Balaban J connectivity index is 1.19. The zero-order valence-corrected chi connectivity index (χ0v) is 30.9. The van der Waals surface area contributed by atoms with Crippen molar-refractivity contribution < 1.29 is 50.9 Å². The lowest BCUT2D eigenvalue weighted by Crippen LogP contribution is -2.48. The molecule has 13 heteroatoms. The van der Waals surface area contributed by atoms with Crippen LogP contribution >= 0.6 is 0 Å². The van der Waals surface area contributed by atoms with Gasteiger partial charge in [0.1, 0.15) is 17.2 Å². The Kier molecular flexibility index (Phi) is 12.1. The lowest BCUT2D eigenvalue weighted by Gasteiger charge is -2.43. The van der Waals surface area contributed by atoms with Crippen LogP contribution in [-0.2, 0) is 32.2 Å². The van der Waals surface area contributed by atoms with E-state index in [4.69, 9.17) is 14.2 Å². The van der Waals surface area contributed by atoms with Crippen LogP contribution in [0.1, 0.15) is 85.5 Å². The van der Waals surface area contributed by atoms with Crippen molar-refractivity contribution in [3.05, 3.63) is 130 Å². The van der Waals surface area contributed by atoms with Crippen LogP contribution in [0, 0.1) is 35.0 Å². The number of benzene rings is 4. The number of nitrogens with one attached hydrogen (secondary N) is 1. The lowest BCUT2D eigenvalue weighted by molar-refractivity contribution is -0.276. The van der Waals surface area contributed by atoms with Gasteiger partial charge >= 0.3 is 5.97 Å². The number of ether oxygens (including phenoxy) is 3. The van der Waals surface area contributed by atoms with E-state index in [1.54, 1.807) is 18.2 Å². The van der Waals surface area contributed by atoms with Crippen LogP contribution in [0.15, 0.2) is 72.8 Å². The Morgan fingerprint density at radius 2 is 1.47 bits per heavy atom. The number of likely N-dealkylation sites (tertiary alicyclic amines) is 1. The highest BCUT2D eigenvalue weighted by Crippen LogP contribution is 2.43. The van der Waals surface area contributed by atoms with E-state index in [0.717, 1.165) is 40.8 Å². The van der Waals surface area contributed by atoms with E-state index in [2.05, 4.69) is 17.1 Å². The molecule has 0 aromatic heterocycles. The van der Waals surface area contributed by atoms with Gasteiger partial charge in [0, 0.05) is 24.6 Å². The summed E-state index contributed by atoms with van der Waals surface area (Å²) >= 11 is 0. The summed E-state index contributed by atoms with van der Waals surface area (Å²) in [6.07, 6.45) is 0.111. The first-order valence-corrected chi connectivity index (χ1v) is 18.1. The smallest absolute Gasteiger partial charge is 0.323 e. The van der Waals surface area contributed by atoms with E-state index in [1.165, 1.54) is 0 Å².